The van der Waals surface area contributed by atoms with Crippen LogP contribution in [0.4, 0.5) is 5.82 Å². The van der Waals surface area contributed by atoms with Gasteiger partial charge in [0, 0.05) is 19.1 Å². The van der Waals surface area contributed by atoms with Crippen LogP contribution in [-0.4, -0.2) is 28.7 Å². The topological polar surface area (TPSA) is 47.0 Å². The van der Waals surface area contributed by atoms with Crippen molar-refractivity contribution in [2.24, 2.45) is 0 Å². The van der Waals surface area contributed by atoms with Crippen molar-refractivity contribution in [3.05, 3.63) is 16.5 Å². The minimum Gasteiger partial charge on any atom is -0.376 e. The molecule has 1 aromatic heterocycles. The second-order valence-corrected chi connectivity index (χ2v) is 4.77. The molecule has 0 spiro atoms. The highest BCUT2D eigenvalue weighted by Gasteiger charge is 2.24. The fraction of sp³-hybridized carbons (Fsp3) is 0.636. The van der Waals surface area contributed by atoms with E-state index in [-0.39, 0.29) is 6.10 Å². The molecule has 2 heterocycles. The van der Waals surface area contributed by atoms with Gasteiger partial charge in [-0.15, -0.1) is 0 Å². The Morgan fingerprint density at radius 3 is 3.00 bits per heavy atom. The highest BCUT2D eigenvalue weighted by molar-refractivity contribution is 9.10. The van der Waals surface area contributed by atoms with Crippen LogP contribution in [0.2, 0.25) is 0 Å². The number of hydrogen-bond acceptors (Lipinski definition) is 4. The van der Waals surface area contributed by atoms with Gasteiger partial charge in [-0.2, -0.15) is 0 Å². The maximum atomic E-state index is 5.51. The van der Waals surface area contributed by atoms with Crippen molar-refractivity contribution >= 4 is 21.7 Å². The average molecular weight is 286 g/mol. The van der Waals surface area contributed by atoms with Crippen LogP contribution < -0.4 is 5.32 Å². The van der Waals surface area contributed by atoms with E-state index in [0.717, 1.165) is 35.7 Å². The molecule has 4 nitrogen and oxygen atoms in total. The van der Waals surface area contributed by atoms with Gasteiger partial charge in [0.2, 0.25) is 0 Å². The molecule has 1 aromatic rings. The van der Waals surface area contributed by atoms with E-state index in [1.54, 1.807) is 0 Å². The number of aryl methyl sites for hydroxylation is 1. The summed E-state index contributed by atoms with van der Waals surface area (Å²) in [4.78, 5) is 8.72. The number of ether oxygens (including phenoxy) is 1. The second kappa shape index (κ2) is 5.10. The first-order valence-corrected chi connectivity index (χ1v) is 6.40. The molecular formula is C11H16BrN3O. The Morgan fingerprint density at radius 1 is 1.56 bits per heavy atom. The Kier molecular flexibility index (Phi) is 3.76. The lowest BCUT2D eigenvalue weighted by Gasteiger charge is -2.17. The highest BCUT2D eigenvalue weighted by atomic mass is 79.9. The van der Waals surface area contributed by atoms with Gasteiger partial charge >= 0.3 is 0 Å². The molecule has 0 bridgehead atoms. The van der Waals surface area contributed by atoms with Crippen LogP contribution >= 0.6 is 15.9 Å². The van der Waals surface area contributed by atoms with Crippen molar-refractivity contribution in [2.45, 2.75) is 38.8 Å². The number of hydrogen-bond donors (Lipinski definition) is 1. The van der Waals surface area contributed by atoms with Crippen molar-refractivity contribution in [1.82, 2.24) is 9.97 Å². The van der Waals surface area contributed by atoms with Crippen molar-refractivity contribution in [3.8, 4) is 0 Å². The largest absolute Gasteiger partial charge is 0.376 e. The third-order valence-electron chi connectivity index (χ3n) is 2.77. The quantitative estimate of drug-likeness (QED) is 0.867. The maximum Gasteiger partial charge on any atom is 0.131 e. The maximum absolute atomic E-state index is 5.51. The van der Waals surface area contributed by atoms with Gasteiger partial charge in [-0.1, -0.05) is 6.92 Å². The Bertz CT molecular complexity index is 372. The Morgan fingerprint density at radius 2 is 2.38 bits per heavy atom. The number of nitrogens with one attached hydrogen (secondary N) is 1. The molecule has 0 saturated carbocycles. The number of nitrogens with zero attached hydrogens (tertiary/aromatic N) is 2. The zero-order valence-corrected chi connectivity index (χ0v) is 11.1. The molecule has 1 N–H and O–H groups in total. The predicted molar refractivity (Wildman–Crippen MR) is 66.6 cm³/mol. The molecule has 1 aliphatic heterocycles. The Labute approximate surface area is 104 Å². The van der Waals surface area contributed by atoms with Crippen LogP contribution in [0, 0.1) is 0 Å². The first kappa shape index (κ1) is 11.8. The minimum absolute atomic E-state index is 0.249. The van der Waals surface area contributed by atoms with Crippen LogP contribution in [0.1, 0.15) is 26.1 Å². The van der Waals surface area contributed by atoms with Crippen LogP contribution in [-0.2, 0) is 11.2 Å². The van der Waals surface area contributed by atoms with Gasteiger partial charge in [0.05, 0.1) is 12.1 Å². The molecule has 1 aliphatic rings. The standard InChI is InChI=1S/C11H16BrN3O/c1-3-10-14-9(12)6-11(15-10)13-8-4-5-16-7(8)2/h6-8H,3-5H2,1-2H3,(H,13,14,15). The lowest BCUT2D eigenvalue weighted by molar-refractivity contribution is 0.121. The molecule has 2 rings (SSSR count). The molecule has 1 fully saturated rings. The predicted octanol–water partition coefficient (Wildman–Crippen LogP) is 2.39. The van der Waals surface area contributed by atoms with Crippen LogP contribution in [0.25, 0.3) is 0 Å². The van der Waals surface area contributed by atoms with E-state index in [2.05, 4.69) is 38.1 Å². The zero-order chi connectivity index (χ0) is 11.5. The third-order valence-corrected chi connectivity index (χ3v) is 3.17. The first-order chi connectivity index (χ1) is 7.69. The van der Waals surface area contributed by atoms with E-state index in [0.29, 0.717) is 6.04 Å². The molecule has 0 aromatic carbocycles. The van der Waals surface area contributed by atoms with Crippen LogP contribution in [0.5, 0.6) is 0 Å². The summed E-state index contributed by atoms with van der Waals surface area (Å²) in [5.74, 6) is 1.73. The van der Waals surface area contributed by atoms with E-state index in [9.17, 15) is 0 Å². The number of rotatable bonds is 3. The van der Waals surface area contributed by atoms with Crippen molar-refractivity contribution in [2.75, 3.05) is 11.9 Å². The molecule has 2 atom stereocenters. The Hall–Kier alpha value is -0.680. The van der Waals surface area contributed by atoms with E-state index in [4.69, 9.17) is 4.74 Å². The van der Waals surface area contributed by atoms with Crippen molar-refractivity contribution in [3.63, 3.8) is 0 Å². The van der Waals surface area contributed by atoms with E-state index in [1.807, 2.05) is 13.0 Å². The number of anilines is 1. The molecule has 0 radical (unpaired) electrons. The molecule has 0 amide bonds. The van der Waals surface area contributed by atoms with Crippen molar-refractivity contribution in [1.29, 1.82) is 0 Å². The Balaban J connectivity index is 2.11. The summed E-state index contributed by atoms with van der Waals surface area (Å²) >= 11 is 3.40. The number of halogens is 1. The zero-order valence-electron chi connectivity index (χ0n) is 9.53. The van der Waals surface area contributed by atoms with Gasteiger partial charge in [0.15, 0.2) is 0 Å². The summed E-state index contributed by atoms with van der Waals surface area (Å²) in [6, 6.07) is 2.26. The summed E-state index contributed by atoms with van der Waals surface area (Å²) < 4.78 is 6.33. The van der Waals surface area contributed by atoms with Crippen LogP contribution in [0.3, 0.4) is 0 Å². The molecule has 88 valence electrons. The smallest absolute Gasteiger partial charge is 0.131 e. The van der Waals surface area contributed by atoms with E-state index >= 15 is 0 Å². The average Bonchev–Trinajstić information content (AvgIpc) is 2.63. The molecule has 16 heavy (non-hydrogen) atoms. The van der Waals surface area contributed by atoms with E-state index in [1.165, 1.54) is 0 Å². The van der Waals surface area contributed by atoms with Gasteiger partial charge in [-0.05, 0) is 29.3 Å². The van der Waals surface area contributed by atoms with Gasteiger partial charge in [0.1, 0.15) is 16.2 Å². The highest BCUT2D eigenvalue weighted by Crippen LogP contribution is 2.19. The third kappa shape index (κ3) is 2.71. The summed E-state index contributed by atoms with van der Waals surface area (Å²) in [5.41, 5.74) is 0. The normalized spacial score (nSPS) is 24.7. The van der Waals surface area contributed by atoms with E-state index < -0.39 is 0 Å². The van der Waals surface area contributed by atoms with Gasteiger partial charge in [0.25, 0.3) is 0 Å². The molecule has 1 saturated heterocycles. The fourth-order valence-electron chi connectivity index (χ4n) is 1.81. The minimum atomic E-state index is 0.249. The lowest BCUT2D eigenvalue weighted by atomic mass is 10.1. The lowest BCUT2D eigenvalue weighted by Crippen LogP contribution is -2.27. The van der Waals surface area contributed by atoms with Gasteiger partial charge in [-0.25, -0.2) is 9.97 Å². The SMILES string of the molecule is CCc1nc(Br)cc(NC2CCOC2C)n1. The van der Waals surface area contributed by atoms with Gasteiger partial charge in [-0.3, -0.25) is 0 Å². The second-order valence-electron chi connectivity index (χ2n) is 3.96. The number of aromatic nitrogens is 2. The summed E-state index contributed by atoms with van der Waals surface area (Å²) in [7, 11) is 0. The fourth-order valence-corrected chi connectivity index (χ4v) is 2.23. The molecule has 5 heteroatoms. The van der Waals surface area contributed by atoms with Crippen molar-refractivity contribution < 1.29 is 4.74 Å². The summed E-state index contributed by atoms with van der Waals surface area (Å²) in [5, 5.41) is 3.40. The van der Waals surface area contributed by atoms with Crippen LogP contribution in [0.15, 0.2) is 10.7 Å². The molecule has 2 unspecified atom stereocenters. The monoisotopic (exact) mass is 285 g/mol. The molecule has 0 aliphatic carbocycles. The summed E-state index contributed by atoms with van der Waals surface area (Å²) in [6.07, 6.45) is 2.12. The molecular weight excluding hydrogens is 270 g/mol. The first-order valence-electron chi connectivity index (χ1n) is 5.60. The van der Waals surface area contributed by atoms with Gasteiger partial charge < -0.3 is 10.1 Å². The summed E-state index contributed by atoms with van der Waals surface area (Å²) in [6.45, 7) is 4.96.